The van der Waals surface area contributed by atoms with Crippen LogP contribution in [0.1, 0.15) is 44.8 Å². The molecule has 3 fully saturated rings. The summed E-state index contributed by atoms with van der Waals surface area (Å²) in [4.78, 5) is 135. The summed E-state index contributed by atoms with van der Waals surface area (Å²) < 4.78 is 34.5. The summed E-state index contributed by atoms with van der Waals surface area (Å²) in [5.41, 5.74) is 19.3. The fourth-order valence-corrected chi connectivity index (χ4v) is 15.8. The normalized spacial score (nSPS) is 15.6. The molecule has 134 heavy (non-hydrogen) atoms. The number of anilines is 4. The number of ether oxygens (including phenoxy) is 6. The number of morpholine rings is 1. The SMILES string of the molecule is CCNC(=O)Nc1nc2c(-c3ccccn3)cc(-c3ccc(CN4CCOCC4)nc3)cc2[nH]1.CCNC(=O)Nc1nc2c(-c3ncccn3)cc(-c3ccc(CN4C[C@H](OC)[C@@H](OC)C4)nc3)cc2[nH]1.CCNC(=O)Nc1nc2c(-c3ncccn3)cc(-n3ccnc3)cc2[nH]1.CCOC(=O)Nc1nc2c(-c3ncccn3)cc(-c3ccc(CN4C[C@H](OC)[C@@H](OC)C4)nc3)cc2[nH]1. The summed E-state index contributed by atoms with van der Waals surface area (Å²) in [6.45, 7) is 18.0. The molecule has 0 unspecified atom stereocenters. The molecule has 0 spiro atoms. The Labute approximate surface area is 769 Å². The number of aromatic amines is 4. The number of methoxy groups -OCH3 is 4. The summed E-state index contributed by atoms with van der Waals surface area (Å²) >= 11 is 0. The van der Waals surface area contributed by atoms with Crippen molar-refractivity contribution in [3.63, 3.8) is 0 Å². The van der Waals surface area contributed by atoms with E-state index in [1.54, 1.807) is 109 Å². The van der Waals surface area contributed by atoms with E-state index in [9.17, 15) is 19.2 Å². The Morgan fingerprint density at radius 3 is 1.13 bits per heavy atom. The first kappa shape index (κ1) is 91.9. The lowest BCUT2D eigenvalue weighted by molar-refractivity contribution is -0.00461. The van der Waals surface area contributed by atoms with Gasteiger partial charge in [0.2, 0.25) is 23.8 Å². The molecular weight excluding hydrogens is 1710 g/mol. The summed E-state index contributed by atoms with van der Waals surface area (Å²) in [6.07, 6.45) is 22.4. The monoisotopic (exact) mass is 1810 g/mol. The minimum atomic E-state index is -0.578. The average molecular weight is 1810 g/mol. The number of likely N-dealkylation sites (tertiary alicyclic amines) is 2. The van der Waals surface area contributed by atoms with E-state index in [2.05, 4.69) is 156 Å². The van der Waals surface area contributed by atoms with Crippen LogP contribution in [0.5, 0.6) is 0 Å². The number of hydrogen-bond acceptors (Lipinski definition) is 28. The van der Waals surface area contributed by atoms with Crippen LogP contribution in [0.4, 0.5) is 43.0 Å². The third-order valence-electron chi connectivity index (χ3n) is 22.2. The number of hydrogen-bond donors (Lipinski definition) is 11. The minimum Gasteiger partial charge on any atom is -0.450 e. The van der Waals surface area contributed by atoms with Crippen LogP contribution in [0.15, 0.2) is 202 Å². The second kappa shape index (κ2) is 44.0. The molecule has 7 amide bonds. The maximum absolute atomic E-state index is 12.0. The number of aromatic nitrogens is 20. The van der Waals surface area contributed by atoms with Gasteiger partial charge in [-0.1, -0.05) is 24.3 Å². The largest absolute Gasteiger partial charge is 0.450 e. The summed E-state index contributed by atoms with van der Waals surface area (Å²) in [7, 11) is 6.87. The van der Waals surface area contributed by atoms with Crippen LogP contribution in [-0.2, 0) is 48.1 Å². The molecule has 3 aliphatic rings. The number of rotatable bonds is 26. The predicted molar refractivity (Wildman–Crippen MR) is 506 cm³/mol. The van der Waals surface area contributed by atoms with Crippen LogP contribution in [-0.4, -0.2) is 270 Å². The molecule has 4 atom stereocenters. The molecule has 0 bridgehead atoms. The van der Waals surface area contributed by atoms with Gasteiger partial charge in [0.05, 0.1) is 101 Å². The van der Waals surface area contributed by atoms with E-state index in [4.69, 9.17) is 43.4 Å². The van der Waals surface area contributed by atoms with E-state index < -0.39 is 6.09 Å². The standard InChI is InChI=1S/C26H30N8O3.C26H29N7O4.C25H27N7O2.C17H16N8O/c1-4-27-26(35)33-25-31-20-11-17(10-19(23(20)32-25)24-28-8-5-9-29-24)16-6-7-18(30-12-16)13-34-14-21(36-2)22(15-34)37-3;1-4-37-26(34)32-25-30-20-11-17(10-19(23(20)31-25)24-27-8-5-9-28-24)16-6-7-18(29-12-16)13-33-14-21(35-2)22(15-33)36-3;1-2-26-25(33)31-24-29-22-14-18(13-20(23(22)30-24)21-5-3-4-8-27-21)17-6-7-19(28-15-17)16-32-9-11-34-12-10-32;1-2-19-17(26)24-16-22-13-9-11(25-7-6-18-10-25)8-12(14(13)23-16)15-20-4-3-5-21-15/h5-12,21-22H,4,13-15H2,1-3H3,(H3,27,31,32,33,35);5-12,21-22H,4,13-15H2,1-3H3,(H2,30,31,32,34);3-8,13-15H,2,9-12,16H2,1H3,(H3,26,29,30,31,33);3-10H,2H2,1H3,(H3,19,22,23,24,26)/t2*21-,22-;;/m00../s1. The highest BCUT2D eigenvalue weighted by atomic mass is 16.6. The average Bonchev–Trinajstić information content (AvgIpc) is 1.58. The highest BCUT2D eigenvalue weighted by Gasteiger charge is 2.35. The first-order valence-electron chi connectivity index (χ1n) is 43.8. The van der Waals surface area contributed by atoms with Crippen molar-refractivity contribution in [2.24, 2.45) is 0 Å². The van der Waals surface area contributed by atoms with E-state index in [1.165, 1.54) is 0 Å². The summed E-state index contributed by atoms with van der Waals surface area (Å²) in [5.74, 6) is 2.99. The Morgan fingerprint density at radius 1 is 0.396 bits per heavy atom. The van der Waals surface area contributed by atoms with Crippen molar-refractivity contribution in [3.05, 3.63) is 219 Å². The third kappa shape index (κ3) is 22.8. The Hall–Kier alpha value is -15.4. The number of H-pyrrole nitrogens is 4. The molecule has 15 heterocycles. The van der Waals surface area contributed by atoms with Crippen LogP contribution in [0.3, 0.4) is 0 Å². The minimum absolute atomic E-state index is 0.0623. The maximum Gasteiger partial charge on any atom is 0.413 e. The van der Waals surface area contributed by atoms with Crippen molar-refractivity contribution < 1.29 is 47.6 Å². The zero-order chi connectivity index (χ0) is 92.8. The molecule has 3 saturated heterocycles. The molecule has 688 valence electrons. The van der Waals surface area contributed by atoms with E-state index in [1.807, 2.05) is 129 Å². The van der Waals surface area contributed by atoms with Gasteiger partial charge in [0.15, 0.2) is 17.5 Å². The highest BCUT2D eigenvalue weighted by Crippen LogP contribution is 2.38. The van der Waals surface area contributed by atoms with Crippen molar-refractivity contribution in [3.8, 4) is 84.5 Å². The Balaban J connectivity index is 0.000000131. The molecule has 40 nitrogen and oxygen atoms in total. The van der Waals surface area contributed by atoms with Crippen LogP contribution < -0.4 is 37.2 Å². The number of urea groups is 3. The van der Waals surface area contributed by atoms with Crippen molar-refractivity contribution in [2.75, 3.05) is 128 Å². The number of nitrogens with one attached hydrogen (secondary N) is 11. The van der Waals surface area contributed by atoms with Gasteiger partial charge in [-0.05, 0) is 141 Å². The topological polar surface area (TPSA) is 479 Å². The molecule has 19 rings (SSSR count). The molecule has 12 aromatic heterocycles. The number of nitrogens with zero attached hydrogens (tertiary/aromatic N) is 19. The molecule has 0 aliphatic carbocycles. The maximum atomic E-state index is 12.0. The molecule has 0 radical (unpaired) electrons. The van der Waals surface area contributed by atoms with Gasteiger partial charge in [0, 0.05) is 226 Å². The number of benzene rings is 4. The zero-order valence-corrected chi connectivity index (χ0v) is 75.0. The van der Waals surface area contributed by atoms with Gasteiger partial charge in [-0.2, -0.15) is 0 Å². The second-order valence-corrected chi connectivity index (χ2v) is 31.2. The Kier molecular flexibility index (Phi) is 30.2. The van der Waals surface area contributed by atoms with Crippen LogP contribution in [0, 0.1) is 0 Å². The van der Waals surface area contributed by atoms with Gasteiger partial charge >= 0.3 is 24.2 Å². The lowest BCUT2D eigenvalue weighted by Gasteiger charge is -2.26. The number of imidazole rings is 5. The van der Waals surface area contributed by atoms with Crippen molar-refractivity contribution in [1.82, 2.24) is 130 Å². The van der Waals surface area contributed by atoms with Gasteiger partial charge < -0.3 is 68.9 Å². The summed E-state index contributed by atoms with van der Waals surface area (Å²) in [6, 6.07) is 38.3. The molecule has 3 aliphatic heterocycles. The van der Waals surface area contributed by atoms with Gasteiger partial charge in [-0.3, -0.25) is 55.9 Å². The number of pyridine rings is 4. The fraction of sp³-hybridized carbons (Fsp3) is 0.287. The van der Waals surface area contributed by atoms with Crippen molar-refractivity contribution in [2.45, 2.75) is 71.7 Å². The van der Waals surface area contributed by atoms with Gasteiger partial charge in [0.25, 0.3) is 0 Å². The fourth-order valence-electron chi connectivity index (χ4n) is 15.8. The van der Waals surface area contributed by atoms with Crippen molar-refractivity contribution in [1.29, 1.82) is 0 Å². The van der Waals surface area contributed by atoms with Gasteiger partial charge in [-0.15, -0.1) is 0 Å². The second-order valence-electron chi connectivity index (χ2n) is 31.2. The van der Waals surface area contributed by atoms with E-state index in [-0.39, 0.29) is 55.1 Å². The molecule has 4 aromatic carbocycles. The molecule has 40 heteroatoms. The predicted octanol–water partition coefficient (Wildman–Crippen LogP) is 12.6. The first-order chi connectivity index (χ1) is 65.6. The third-order valence-corrected chi connectivity index (χ3v) is 22.2. The molecular formula is C94H102N30O10. The Morgan fingerprint density at radius 2 is 0.769 bits per heavy atom. The van der Waals surface area contributed by atoms with Crippen LogP contribution in [0.25, 0.3) is 129 Å². The van der Waals surface area contributed by atoms with Crippen molar-refractivity contribution >= 4 is 92.1 Å². The van der Waals surface area contributed by atoms with Crippen LogP contribution >= 0.6 is 0 Å². The lowest BCUT2D eigenvalue weighted by atomic mass is 10.0. The molecule has 16 aromatic rings. The smallest absolute Gasteiger partial charge is 0.413 e. The molecule has 11 N–H and O–H groups in total. The van der Waals surface area contributed by atoms with Gasteiger partial charge in [0.1, 0.15) is 16.6 Å². The van der Waals surface area contributed by atoms with E-state index in [0.717, 1.165) is 177 Å². The Bertz CT molecular complexity index is 6380. The van der Waals surface area contributed by atoms with E-state index in [0.29, 0.717) is 78.0 Å². The summed E-state index contributed by atoms with van der Waals surface area (Å²) in [5, 5.41) is 18.9. The van der Waals surface area contributed by atoms with E-state index >= 15 is 0 Å². The zero-order valence-electron chi connectivity index (χ0n) is 75.0. The van der Waals surface area contributed by atoms with Gasteiger partial charge in [-0.25, -0.2) is 74.0 Å². The number of carbonyl (C=O) groups is 4. The lowest BCUT2D eigenvalue weighted by Crippen LogP contribution is -2.35. The number of fused-ring (bicyclic) bond motifs is 4. The van der Waals surface area contributed by atoms with Crippen LogP contribution in [0.2, 0.25) is 0 Å². The highest BCUT2D eigenvalue weighted by molar-refractivity contribution is 6.01. The first-order valence-corrected chi connectivity index (χ1v) is 43.8. The molecule has 0 saturated carbocycles. The number of amides is 7. The quantitative estimate of drug-likeness (QED) is 0.0240. The number of carbonyl (C=O) groups excluding carboxylic acids is 4.